The van der Waals surface area contributed by atoms with Crippen molar-refractivity contribution in [2.24, 2.45) is 0 Å². The lowest BCUT2D eigenvalue weighted by Gasteiger charge is -2.11. The highest BCUT2D eigenvalue weighted by molar-refractivity contribution is 9.10. The Labute approximate surface area is 159 Å². The predicted molar refractivity (Wildman–Crippen MR) is 99.3 cm³/mol. The molecule has 2 aromatic rings. The van der Waals surface area contributed by atoms with Crippen LogP contribution in [-0.4, -0.2) is 32.8 Å². The van der Waals surface area contributed by atoms with Gasteiger partial charge in [0.15, 0.2) is 18.1 Å². The van der Waals surface area contributed by atoms with Crippen molar-refractivity contribution in [1.82, 2.24) is 0 Å². The zero-order valence-electron chi connectivity index (χ0n) is 14.2. The monoisotopic (exact) mass is 420 g/mol. The van der Waals surface area contributed by atoms with Gasteiger partial charge in [-0.3, -0.25) is 0 Å². The molecule has 0 fully saturated rings. The SMILES string of the molecule is COC(=O)/C=C/c1ccc(OC(=O)COc2cccc(Br)c2)c(OC)c1. The Morgan fingerprint density at radius 1 is 1.08 bits per heavy atom. The first kappa shape index (κ1) is 19.5. The summed E-state index contributed by atoms with van der Waals surface area (Å²) in [6, 6.07) is 12.0. The van der Waals surface area contributed by atoms with Gasteiger partial charge in [0.25, 0.3) is 0 Å². The Balaban J connectivity index is 2.00. The van der Waals surface area contributed by atoms with E-state index in [9.17, 15) is 9.59 Å². The molecule has 0 bridgehead atoms. The molecule has 0 N–H and O–H groups in total. The molecule has 6 nitrogen and oxygen atoms in total. The van der Waals surface area contributed by atoms with Crippen LogP contribution in [-0.2, 0) is 14.3 Å². The second-order valence-corrected chi connectivity index (χ2v) is 5.90. The number of benzene rings is 2. The molecule has 2 aromatic carbocycles. The van der Waals surface area contributed by atoms with Crippen molar-refractivity contribution in [1.29, 1.82) is 0 Å². The van der Waals surface area contributed by atoms with E-state index in [4.69, 9.17) is 14.2 Å². The summed E-state index contributed by atoms with van der Waals surface area (Å²) in [6.07, 6.45) is 2.85. The van der Waals surface area contributed by atoms with Crippen LogP contribution in [0.3, 0.4) is 0 Å². The summed E-state index contributed by atoms with van der Waals surface area (Å²) in [5.41, 5.74) is 0.692. The number of hydrogen-bond acceptors (Lipinski definition) is 6. The van der Waals surface area contributed by atoms with Crippen molar-refractivity contribution in [2.75, 3.05) is 20.8 Å². The highest BCUT2D eigenvalue weighted by Gasteiger charge is 2.11. The smallest absolute Gasteiger partial charge is 0.349 e. The largest absolute Gasteiger partial charge is 0.493 e. The molecular weight excluding hydrogens is 404 g/mol. The second kappa shape index (κ2) is 9.62. The van der Waals surface area contributed by atoms with Gasteiger partial charge >= 0.3 is 11.9 Å². The van der Waals surface area contributed by atoms with Crippen LogP contribution < -0.4 is 14.2 Å². The number of ether oxygens (including phenoxy) is 4. The Bertz CT molecular complexity index is 815. The van der Waals surface area contributed by atoms with Crippen LogP contribution in [0.25, 0.3) is 6.08 Å². The van der Waals surface area contributed by atoms with Gasteiger partial charge in [0.05, 0.1) is 14.2 Å². The van der Waals surface area contributed by atoms with E-state index in [2.05, 4.69) is 20.7 Å². The van der Waals surface area contributed by atoms with E-state index in [1.165, 1.54) is 20.3 Å². The van der Waals surface area contributed by atoms with Crippen molar-refractivity contribution in [3.05, 3.63) is 58.6 Å². The molecule has 0 saturated carbocycles. The van der Waals surface area contributed by atoms with Crippen LogP contribution >= 0.6 is 15.9 Å². The number of rotatable bonds is 7. The first-order valence-electron chi connectivity index (χ1n) is 7.55. The highest BCUT2D eigenvalue weighted by atomic mass is 79.9. The van der Waals surface area contributed by atoms with Crippen LogP contribution in [0.5, 0.6) is 17.2 Å². The van der Waals surface area contributed by atoms with Crippen molar-refractivity contribution in [3.63, 3.8) is 0 Å². The maximum absolute atomic E-state index is 12.0. The van der Waals surface area contributed by atoms with Crippen molar-refractivity contribution in [3.8, 4) is 17.2 Å². The molecule has 0 saturated heterocycles. The summed E-state index contributed by atoms with van der Waals surface area (Å²) in [4.78, 5) is 23.1. The number of methoxy groups -OCH3 is 2. The maximum Gasteiger partial charge on any atom is 0.349 e. The molecule has 0 amide bonds. The van der Waals surface area contributed by atoms with Crippen LogP contribution in [0, 0.1) is 0 Å². The number of carbonyl (C=O) groups excluding carboxylic acids is 2. The quantitative estimate of drug-likeness (QED) is 0.386. The van der Waals surface area contributed by atoms with E-state index in [0.29, 0.717) is 17.1 Å². The Hall–Kier alpha value is -2.80. The molecule has 0 aliphatic heterocycles. The third kappa shape index (κ3) is 5.93. The number of halogens is 1. The van der Waals surface area contributed by atoms with E-state index >= 15 is 0 Å². The van der Waals surface area contributed by atoms with Gasteiger partial charge in [-0.1, -0.05) is 28.1 Å². The van der Waals surface area contributed by atoms with Crippen molar-refractivity contribution >= 4 is 33.9 Å². The van der Waals surface area contributed by atoms with Gasteiger partial charge in [-0.15, -0.1) is 0 Å². The molecule has 0 unspecified atom stereocenters. The maximum atomic E-state index is 12.0. The van der Waals surface area contributed by atoms with E-state index in [1.54, 1.807) is 42.5 Å². The Morgan fingerprint density at radius 2 is 1.88 bits per heavy atom. The zero-order chi connectivity index (χ0) is 18.9. The zero-order valence-corrected chi connectivity index (χ0v) is 15.8. The lowest BCUT2D eigenvalue weighted by atomic mass is 10.2. The fourth-order valence-electron chi connectivity index (χ4n) is 1.96. The summed E-state index contributed by atoms with van der Waals surface area (Å²) in [6.45, 7) is -0.246. The molecule has 2 rings (SSSR count). The molecule has 7 heteroatoms. The summed E-state index contributed by atoms with van der Waals surface area (Å²) in [7, 11) is 2.75. The van der Waals surface area contributed by atoms with Crippen LogP contribution in [0.2, 0.25) is 0 Å². The number of esters is 2. The van der Waals surface area contributed by atoms with Crippen LogP contribution in [0.4, 0.5) is 0 Å². The lowest BCUT2D eigenvalue weighted by Crippen LogP contribution is -2.18. The molecule has 0 spiro atoms. The van der Waals surface area contributed by atoms with E-state index < -0.39 is 11.9 Å². The van der Waals surface area contributed by atoms with Gasteiger partial charge in [-0.05, 0) is 42.0 Å². The molecule has 0 atom stereocenters. The highest BCUT2D eigenvalue weighted by Crippen LogP contribution is 2.29. The predicted octanol–water partition coefficient (Wildman–Crippen LogP) is 3.63. The normalized spacial score (nSPS) is 10.4. The first-order chi connectivity index (χ1) is 12.5. The van der Waals surface area contributed by atoms with E-state index in [0.717, 1.165) is 4.47 Å². The van der Waals surface area contributed by atoms with Crippen molar-refractivity contribution < 1.29 is 28.5 Å². The minimum atomic E-state index is -0.568. The van der Waals surface area contributed by atoms with E-state index in [1.807, 2.05) is 6.07 Å². The summed E-state index contributed by atoms with van der Waals surface area (Å²) in [5.74, 6) is 0.121. The second-order valence-electron chi connectivity index (χ2n) is 4.99. The van der Waals surface area contributed by atoms with Gasteiger partial charge in [0.1, 0.15) is 5.75 Å². The average Bonchev–Trinajstić information content (AvgIpc) is 2.65. The van der Waals surface area contributed by atoms with Crippen LogP contribution in [0.15, 0.2) is 53.0 Å². The molecule has 0 aromatic heterocycles. The van der Waals surface area contributed by atoms with Crippen LogP contribution in [0.1, 0.15) is 5.56 Å². The topological polar surface area (TPSA) is 71.1 Å². The van der Waals surface area contributed by atoms with Gasteiger partial charge in [-0.2, -0.15) is 0 Å². The minimum Gasteiger partial charge on any atom is -0.493 e. The third-order valence-electron chi connectivity index (χ3n) is 3.18. The average molecular weight is 421 g/mol. The molecular formula is C19H17BrO6. The number of hydrogen-bond donors (Lipinski definition) is 0. The molecule has 0 aliphatic rings. The number of carbonyl (C=O) groups is 2. The first-order valence-corrected chi connectivity index (χ1v) is 8.34. The summed E-state index contributed by atoms with van der Waals surface area (Å²) < 4.78 is 21.3. The fraction of sp³-hybridized carbons (Fsp3) is 0.158. The van der Waals surface area contributed by atoms with E-state index in [-0.39, 0.29) is 12.4 Å². The van der Waals surface area contributed by atoms with Gasteiger partial charge in [0.2, 0.25) is 0 Å². The lowest BCUT2D eigenvalue weighted by molar-refractivity contribution is -0.137. The Morgan fingerprint density at radius 3 is 2.58 bits per heavy atom. The summed E-state index contributed by atoms with van der Waals surface area (Å²) in [5, 5.41) is 0. The molecule has 0 radical (unpaired) electrons. The summed E-state index contributed by atoms with van der Waals surface area (Å²) >= 11 is 3.33. The van der Waals surface area contributed by atoms with Gasteiger partial charge in [0, 0.05) is 10.5 Å². The van der Waals surface area contributed by atoms with Gasteiger partial charge in [-0.25, -0.2) is 9.59 Å². The molecule has 26 heavy (non-hydrogen) atoms. The minimum absolute atomic E-state index is 0.246. The molecule has 136 valence electrons. The fourth-order valence-corrected chi connectivity index (χ4v) is 2.33. The molecule has 0 aliphatic carbocycles. The van der Waals surface area contributed by atoms with Gasteiger partial charge < -0.3 is 18.9 Å². The molecule has 0 heterocycles. The Kier molecular flexibility index (Phi) is 7.23. The third-order valence-corrected chi connectivity index (χ3v) is 3.67. The standard InChI is InChI=1S/C19H17BrO6/c1-23-17-10-13(7-9-18(21)24-2)6-8-16(17)26-19(22)12-25-15-5-3-4-14(20)11-15/h3-11H,12H2,1-2H3/b9-7+. The van der Waals surface area contributed by atoms with Crippen molar-refractivity contribution in [2.45, 2.75) is 0 Å².